The summed E-state index contributed by atoms with van der Waals surface area (Å²) in [7, 11) is 1.48. The number of allylic oxidation sites excluding steroid dienone is 2. The van der Waals surface area contributed by atoms with Crippen molar-refractivity contribution in [1.29, 1.82) is 0 Å². The maximum atomic E-state index is 13.3. The van der Waals surface area contributed by atoms with Gasteiger partial charge in [-0.1, -0.05) is 12.5 Å². The second-order valence-electron chi connectivity index (χ2n) is 19.5. The van der Waals surface area contributed by atoms with E-state index in [1.165, 1.54) is 7.11 Å². The van der Waals surface area contributed by atoms with Gasteiger partial charge >= 0.3 is 0 Å². The minimum atomic E-state index is -1.75. The molecular formula is C43H66O18. The van der Waals surface area contributed by atoms with Gasteiger partial charge in [-0.05, 0) is 88.5 Å². The largest absolute Gasteiger partial charge is 0.394 e. The van der Waals surface area contributed by atoms with Gasteiger partial charge in [0.05, 0.1) is 48.1 Å². The van der Waals surface area contributed by atoms with Gasteiger partial charge in [-0.25, -0.2) is 0 Å². The molecule has 4 saturated carbocycles. The van der Waals surface area contributed by atoms with E-state index in [9.17, 15) is 55.5 Å². The minimum Gasteiger partial charge on any atom is -0.394 e. The van der Waals surface area contributed by atoms with E-state index in [2.05, 4.69) is 6.92 Å². The molecule has 0 aromatic heterocycles. The van der Waals surface area contributed by atoms with Crippen LogP contribution in [0.4, 0.5) is 0 Å². The van der Waals surface area contributed by atoms with Crippen molar-refractivity contribution in [3.8, 4) is 0 Å². The van der Waals surface area contributed by atoms with Crippen molar-refractivity contribution in [1.82, 2.24) is 0 Å². The molecule has 7 fully saturated rings. The number of hydrogen-bond donors (Lipinski definition) is 9. The number of carbonyl (C=O) groups is 2. The fourth-order valence-electron chi connectivity index (χ4n) is 13.2. The van der Waals surface area contributed by atoms with Crippen LogP contribution in [0.1, 0.15) is 90.9 Å². The predicted octanol–water partition coefficient (Wildman–Crippen LogP) is -1.11. The van der Waals surface area contributed by atoms with Gasteiger partial charge in [-0.3, -0.25) is 4.79 Å². The van der Waals surface area contributed by atoms with Crippen LogP contribution >= 0.6 is 0 Å². The number of aldehydes is 1. The lowest BCUT2D eigenvalue weighted by Crippen LogP contribution is -2.69. The lowest BCUT2D eigenvalue weighted by Gasteiger charge is -2.65. The first-order valence-electron chi connectivity index (χ1n) is 22.2. The fraction of sp³-hybridized carbons (Fsp3) is 0.907. The summed E-state index contributed by atoms with van der Waals surface area (Å²) in [4.78, 5) is 25.5. The fourth-order valence-corrected chi connectivity index (χ4v) is 13.2. The molecule has 3 heterocycles. The second-order valence-corrected chi connectivity index (χ2v) is 19.5. The molecule has 18 nitrogen and oxygen atoms in total. The van der Waals surface area contributed by atoms with E-state index in [0.29, 0.717) is 51.4 Å². The van der Waals surface area contributed by atoms with Crippen LogP contribution in [-0.4, -0.2) is 182 Å². The van der Waals surface area contributed by atoms with Crippen molar-refractivity contribution in [3.63, 3.8) is 0 Å². The van der Waals surface area contributed by atoms with Gasteiger partial charge in [-0.15, -0.1) is 0 Å². The number of ketones is 1. The Hall–Kier alpha value is -1.56. The molecule has 0 unspecified atom stereocenters. The summed E-state index contributed by atoms with van der Waals surface area (Å²) >= 11 is 0. The van der Waals surface area contributed by atoms with Gasteiger partial charge in [0.2, 0.25) is 0 Å². The number of ether oxygens (including phenoxy) is 7. The van der Waals surface area contributed by atoms with Crippen LogP contribution in [0.15, 0.2) is 11.6 Å². The van der Waals surface area contributed by atoms with E-state index in [-0.39, 0.29) is 36.4 Å². The SMILES string of the molecule is CO[C@H]1C[C@H](O[C@H]2CC[C@]3(C=O)[C@H]4CC[C@]5(C)[C@@H](C6=CC(=O)CC6)CC[C@]5(O)[C@@H]4CC[C@]3(O)C2)O[C@H](C)[C@H]1O[C@@H]1O[C@H](CO[C@@H]2O[C@H](CO)[C@@H](O)[C@H](O)[C@H]2O)[C@@H](O)[C@H](O)[C@H]1O. The molecule has 0 radical (unpaired) electrons. The molecule has 61 heavy (non-hydrogen) atoms. The predicted molar refractivity (Wildman–Crippen MR) is 207 cm³/mol. The number of carbonyl (C=O) groups excluding carboxylic acids is 2. The standard InChI is InChI=1S/C43H66O18/c1-20-37(61-39-36(52)34(50)32(48)29(60-39)18-56-38-35(51)33(49)31(47)28(17-44)59-38)27(55-3)15-30(57-20)58-23-6-11-41(19-45)25-7-10-40(2)24(21-4-5-22(46)14-21)9-13-43(40,54)26(25)8-12-42(41,53)16-23/h14,19-20,23-39,44,47-54H,4-13,15-18H2,1-3H3/t20-,23+,24-,25+,26-,27+,28-,29-,30+,31-,32-,33+,34+,35-,36-,37-,38-,39+,40-,41+,42+,43+/m1/s1. The van der Waals surface area contributed by atoms with Crippen LogP contribution in [0, 0.1) is 28.6 Å². The van der Waals surface area contributed by atoms with E-state index in [4.69, 9.17) is 33.2 Å². The second kappa shape index (κ2) is 17.3. The van der Waals surface area contributed by atoms with Crippen molar-refractivity contribution in [2.45, 2.75) is 194 Å². The Bertz CT molecular complexity index is 1630. The zero-order chi connectivity index (χ0) is 43.8. The first-order chi connectivity index (χ1) is 28.9. The highest BCUT2D eigenvalue weighted by molar-refractivity contribution is 5.93. The molecule has 18 heteroatoms. The topological polar surface area (TPSA) is 281 Å². The van der Waals surface area contributed by atoms with Crippen LogP contribution < -0.4 is 0 Å². The maximum Gasteiger partial charge on any atom is 0.187 e. The van der Waals surface area contributed by atoms with E-state index in [0.717, 1.165) is 24.7 Å². The van der Waals surface area contributed by atoms with Crippen LogP contribution in [-0.2, 0) is 42.7 Å². The minimum absolute atomic E-state index is 0.130. The van der Waals surface area contributed by atoms with Crippen molar-refractivity contribution < 1.29 is 88.7 Å². The van der Waals surface area contributed by atoms with Crippen LogP contribution in [0.25, 0.3) is 0 Å². The van der Waals surface area contributed by atoms with Gasteiger partial charge in [0.1, 0.15) is 61.2 Å². The molecule has 8 aliphatic rings. The Balaban J connectivity index is 0.886. The molecule has 8 rings (SSSR count). The third-order valence-corrected chi connectivity index (χ3v) is 16.7. The van der Waals surface area contributed by atoms with Crippen molar-refractivity contribution in [2.75, 3.05) is 20.3 Å². The third kappa shape index (κ3) is 7.61. The highest BCUT2D eigenvalue weighted by Crippen LogP contribution is 2.70. The zero-order valence-corrected chi connectivity index (χ0v) is 35.1. The summed E-state index contributed by atoms with van der Waals surface area (Å²) in [5.41, 5.74) is -2.66. The number of fused-ring (bicyclic) bond motifs is 5. The van der Waals surface area contributed by atoms with Gasteiger partial charge in [0.25, 0.3) is 0 Å². The van der Waals surface area contributed by atoms with Crippen molar-refractivity contribution in [3.05, 3.63) is 11.6 Å². The summed E-state index contributed by atoms with van der Waals surface area (Å²) in [5.74, 6) is -0.0697. The molecule has 22 atom stereocenters. The molecule has 0 bridgehead atoms. The highest BCUT2D eigenvalue weighted by atomic mass is 16.8. The molecule has 346 valence electrons. The Morgan fingerprint density at radius 2 is 1.49 bits per heavy atom. The molecule has 0 spiro atoms. The van der Waals surface area contributed by atoms with E-state index in [1.807, 2.05) is 0 Å². The van der Waals surface area contributed by atoms with Crippen LogP contribution in [0.3, 0.4) is 0 Å². The molecule has 5 aliphatic carbocycles. The zero-order valence-electron chi connectivity index (χ0n) is 35.1. The van der Waals surface area contributed by atoms with Crippen LogP contribution in [0.5, 0.6) is 0 Å². The normalized spacial score (nSPS) is 53.8. The van der Waals surface area contributed by atoms with Gasteiger partial charge in [0, 0.05) is 31.8 Å². The van der Waals surface area contributed by atoms with Crippen molar-refractivity contribution >= 4 is 12.1 Å². The lowest BCUT2D eigenvalue weighted by molar-refractivity contribution is -0.355. The van der Waals surface area contributed by atoms with E-state index >= 15 is 0 Å². The average Bonchev–Trinajstić information content (AvgIpc) is 3.79. The van der Waals surface area contributed by atoms with Gasteiger partial charge in [-0.2, -0.15) is 0 Å². The summed E-state index contributed by atoms with van der Waals surface area (Å²) in [6.45, 7) is 2.69. The number of aliphatic hydroxyl groups is 9. The lowest BCUT2D eigenvalue weighted by atomic mass is 9.41. The quantitative estimate of drug-likeness (QED) is 0.0879. The van der Waals surface area contributed by atoms with Gasteiger partial charge in [0.15, 0.2) is 24.7 Å². The molecule has 0 aromatic carbocycles. The van der Waals surface area contributed by atoms with Crippen LogP contribution in [0.2, 0.25) is 0 Å². The first kappa shape index (κ1) is 46.0. The Labute approximate surface area is 355 Å². The Morgan fingerprint density at radius 3 is 2.16 bits per heavy atom. The molecule has 3 aliphatic heterocycles. The summed E-state index contributed by atoms with van der Waals surface area (Å²) in [6.07, 6.45) is -10.2. The summed E-state index contributed by atoms with van der Waals surface area (Å²) in [6, 6.07) is 0. The first-order valence-corrected chi connectivity index (χ1v) is 22.2. The third-order valence-electron chi connectivity index (χ3n) is 16.7. The highest BCUT2D eigenvalue weighted by Gasteiger charge is 2.71. The molecule has 0 aromatic rings. The molecule has 9 N–H and O–H groups in total. The number of methoxy groups -OCH3 is 1. The maximum absolute atomic E-state index is 13.3. The number of hydrogen-bond acceptors (Lipinski definition) is 18. The number of rotatable bonds is 11. The summed E-state index contributed by atoms with van der Waals surface area (Å²) < 4.78 is 41.5. The molecule has 3 saturated heterocycles. The van der Waals surface area contributed by atoms with Crippen molar-refractivity contribution in [2.24, 2.45) is 28.6 Å². The Morgan fingerprint density at radius 1 is 0.803 bits per heavy atom. The monoisotopic (exact) mass is 870 g/mol. The number of aliphatic hydroxyl groups excluding tert-OH is 7. The molecule has 0 amide bonds. The Kier molecular flexibility index (Phi) is 13.1. The smallest absolute Gasteiger partial charge is 0.187 e. The summed E-state index contributed by atoms with van der Waals surface area (Å²) in [5, 5.41) is 97.5. The van der Waals surface area contributed by atoms with E-state index < -0.39 is 127 Å². The average molecular weight is 871 g/mol. The van der Waals surface area contributed by atoms with Gasteiger partial charge < -0.3 is 83.9 Å². The van der Waals surface area contributed by atoms with E-state index in [1.54, 1.807) is 13.0 Å². The molecular weight excluding hydrogens is 804 g/mol.